The van der Waals surface area contributed by atoms with Crippen LogP contribution in [-0.4, -0.2) is 92.5 Å². The van der Waals surface area contributed by atoms with Gasteiger partial charge in [-0.3, -0.25) is 14.2 Å². The first-order valence-corrected chi connectivity index (χ1v) is 24.3. The first kappa shape index (κ1) is 56.1. The lowest BCUT2D eigenvalue weighted by Crippen LogP contribution is -2.37. The standard InChI is InChI=1S/C46H86NO10P/c1-6-8-10-12-14-15-16-17-18-19-20-21-22-23-24-28-32-36-45(50)54-40-42(41-56-58(52,53)55-39-38-47(3,4)5)57-46(51)37-33-29-25-27-31-35-44(49)43(48)34-30-26-13-11-9-7-2/h14-15,17-18,26,30,42-44,48-49H,6-13,16,19-25,27-29,31-41H2,1-5H3/b15-14-,18-17-,30-26-/t42-,43+,44+/m1/s1. The van der Waals surface area contributed by atoms with Crippen LogP contribution >= 0.6 is 7.82 Å². The van der Waals surface area contributed by atoms with Crippen molar-refractivity contribution in [3.63, 3.8) is 0 Å². The molecule has 0 aromatic rings. The molecule has 12 heteroatoms. The van der Waals surface area contributed by atoms with Gasteiger partial charge in [-0.2, -0.15) is 0 Å². The molecule has 0 fully saturated rings. The molecular weight excluding hydrogens is 757 g/mol. The maximum Gasteiger partial charge on any atom is 0.306 e. The van der Waals surface area contributed by atoms with Crippen molar-refractivity contribution in [2.24, 2.45) is 0 Å². The van der Waals surface area contributed by atoms with E-state index in [0.717, 1.165) is 70.6 Å². The number of aliphatic hydroxyl groups is 2. The Balaban J connectivity index is 4.46. The zero-order valence-electron chi connectivity index (χ0n) is 37.5. The smallest absolute Gasteiger partial charge is 0.306 e. The normalized spacial score (nSPS) is 15.0. The first-order chi connectivity index (χ1) is 27.8. The number of allylic oxidation sites excluding steroid dienone is 5. The van der Waals surface area contributed by atoms with E-state index in [-0.39, 0.29) is 26.1 Å². The molecule has 1 unspecified atom stereocenters. The quantitative estimate of drug-likeness (QED) is 0.0200. The molecular formula is C46H86NO10P. The third-order valence-electron chi connectivity index (χ3n) is 9.83. The van der Waals surface area contributed by atoms with Crippen molar-refractivity contribution in [1.29, 1.82) is 0 Å². The average Bonchev–Trinajstić information content (AvgIpc) is 3.17. The van der Waals surface area contributed by atoms with E-state index >= 15 is 0 Å². The van der Waals surface area contributed by atoms with Crippen LogP contribution in [0.1, 0.15) is 181 Å². The SMILES string of the molecule is CCCCC/C=C\C/C=C\CCCCCCCCCC(=O)OC[C@H](COP(=O)([O-])OCC[N+](C)(C)C)OC(=O)CCCCCCC[C@H](O)[C@@H](O)C/C=C\CCCCC. The van der Waals surface area contributed by atoms with Gasteiger partial charge in [-0.15, -0.1) is 0 Å². The summed E-state index contributed by atoms with van der Waals surface area (Å²) in [5.41, 5.74) is 0. The summed E-state index contributed by atoms with van der Waals surface area (Å²) in [5, 5.41) is 20.5. The van der Waals surface area contributed by atoms with Crippen molar-refractivity contribution in [2.45, 2.75) is 199 Å². The minimum absolute atomic E-state index is 0.0610. The highest BCUT2D eigenvalue weighted by Crippen LogP contribution is 2.38. The number of carbonyl (C=O) groups is 2. The molecule has 58 heavy (non-hydrogen) atoms. The van der Waals surface area contributed by atoms with Crippen LogP contribution in [0.5, 0.6) is 0 Å². The molecule has 0 aliphatic heterocycles. The van der Waals surface area contributed by atoms with Crippen LogP contribution in [0.3, 0.4) is 0 Å². The molecule has 0 aliphatic rings. The van der Waals surface area contributed by atoms with Crippen molar-refractivity contribution in [1.82, 2.24) is 0 Å². The number of ether oxygens (including phenoxy) is 2. The van der Waals surface area contributed by atoms with Gasteiger partial charge in [0.05, 0.1) is 40.0 Å². The summed E-state index contributed by atoms with van der Waals surface area (Å²) in [6, 6.07) is 0. The van der Waals surface area contributed by atoms with Gasteiger partial charge in [0.1, 0.15) is 19.8 Å². The molecule has 0 heterocycles. The maximum atomic E-state index is 12.7. The largest absolute Gasteiger partial charge is 0.756 e. The van der Waals surface area contributed by atoms with Crippen molar-refractivity contribution in [3.05, 3.63) is 36.5 Å². The number of unbranched alkanes of at least 4 members (excludes halogenated alkanes) is 17. The van der Waals surface area contributed by atoms with Crippen molar-refractivity contribution in [3.8, 4) is 0 Å². The molecule has 0 amide bonds. The second-order valence-corrected chi connectivity index (χ2v) is 18.1. The molecule has 11 nitrogen and oxygen atoms in total. The van der Waals surface area contributed by atoms with Crippen LogP contribution in [0.15, 0.2) is 36.5 Å². The third-order valence-corrected chi connectivity index (χ3v) is 10.8. The number of phosphoric acid groups is 1. The molecule has 4 atom stereocenters. The summed E-state index contributed by atoms with van der Waals surface area (Å²) in [5.74, 6) is -0.955. The second kappa shape index (κ2) is 38.1. The van der Waals surface area contributed by atoms with Gasteiger partial charge in [0.2, 0.25) is 0 Å². The Kier molecular flexibility index (Phi) is 36.9. The van der Waals surface area contributed by atoms with E-state index in [1.165, 1.54) is 57.8 Å². The molecule has 0 spiro atoms. The Labute approximate surface area is 354 Å². The van der Waals surface area contributed by atoms with Gasteiger partial charge in [0.25, 0.3) is 7.82 Å². The third kappa shape index (κ3) is 39.6. The zero-order chi connectivity index (χ0) is 43.2. The molecule has 0 bridgehead atoms. The Morgan fingerprint density at radius 1 is 0.621 bits per heavy atom. The fraction of sp³-hybridized carbons (Fsp3) is 0.826. The number of phosphoric ester groups is 1. The lowest BCUT2D eigenvalue weighted by molar-refractivity contribution is -0.870. The van der Waals surface area contributed by atoms with Gasteiger partial charge in [0, 0.05) is 12.8 Å². The average molecular weight is 844 g/mol. The number of carbonyl (C=O) groups excluding carboxylic acids is 2. The summed E-state index contributed by atoms with van der Waals surface area (Å²) in [7, 11) is 1.06. The van der Waals surface area contributed by atoms with Crippen LogP contribution in [0.2, 0.25) is 0 Å². The molecule has 0 saturated heterocycles. The summed E-state index contributed by atoms with van der Waals surface area (Å²) in [6.45, 7) is 3.95. The van der Waals surface area contributed by atoms with E-state index in [1.54, 1.807) is 0 Å². The Morgan fingerprint density at radius 2 is 1.12 bits per heavy atom. The predicted molar refractivity (Wildman–Crippen MR) is 234 cm³/mol. The zero-order valence-corrected chi connectivity index (χ0v) is 38.4. The van der Waals surface area contributed by atoms with Gasteiger partial charge in [-0.1, -0.05) is 134 Å². The highest BCUT2D eigenvalue weighted by Gasteiger charge is 2.22. The fourth-order valence-electron chi connectivity index (χ4n) is 6.06. The van der Waals surface area contributed by atoms with Gasteiger partial charge in [-0.25, -0.2) is 0 Å². The fourth-order valence-corrected chi connectivity index (χ4v) is 6.79. The van der Waals surface area contributed by atoms with Crippen molar-refractivity contribution < 1.29 is 52.3 Å². The summed E-state index contributed by atoms with van der Waals surface area (Å²) in [6.07, 6.45) is 34.7. The molecule has 0 aromatic carbocycles. The van der Waals surface area contributed by atoms with Crippen LogP contribution in [-0.2, 0) is 32.7 Å². The van der Waals surface area contributed by atoms with E-state index in [9.17, 15) is 29.3 Å². The number of quaternary nitrogens is 1. The summed E-state index contributed by atoms with van der Waals surface area (Å²) in [4.78, 5) is 37.6. The van der Waals surface area contributed by atoms with Crippen LogP contribution in [0, 0.1) is 0 Å². The number of aliphatic hydroxyl groups excluding tert-OH is 2. The summed E-state index contributed by atoms with van der Waals surface area (Å²) < 4.78 is 33.8. The molecule has 0 saturated carbocycles. The monoisotopic (exact) mass is 844 g/mol. The number of hydrogen-bond donors (Lipinski definition) is 2. The minimum Gasteiger partial charge on any atom is -0.756 e. The van der Waals surface area contributed by atoms with Gasteiger partial charge in [0.15, 0.2) is 6.10 Å². The lowest BCUT2D eigenvalue weighted by atomic mass is 10.0. The van der Waals surface area contributed by atoms with Gasteiger partial charge >= 0.3 is 11.9 Å². The Hall–Kier alpha value is -1.85. The Morgan fingerprint density at radius 3 is 1.69 bits per heavy atom. The van der Waals surface area contributed by atoms with E-state index in [2.05, 4.69) is 44.2 Å². The van der Waals surface area contributed by atoms with Gasteiger partial charge < -0.3 is 38.1 Å². The molecule has 0 radical (unpaired) electrons. The summed E-state index contributed by atoms with van der Waals surface area (Å²) >= 11 is 0. The van der Waals surface area contributed by atoms with Crippen LogP contribution < -0.4 is 4.89 Å². The van der Waals surface area contributed by atoms with Crippen molar-refractivity contribution in [2.75, 3.05) is 47.5 Å². The van der Waals surface area contributed by atoms with E-state index in [1.807, 2.05) is 27.2 Å². The van der Waals surface area contributed by atoms with Crippen LogP contribution in [0.25, 0.3) is 0 Å². The number of nitrogens with zero attached hydrogens (tertiary/aromatic N) is 1. The highest BCUT2D eigenvalue weighted by atomic mass is 31.2. The molecule has 0 aliphatic carbocycles. The first-order valence-electron chi connectivity index (χ1n) is 22.9. The lowest BCUT2D eigenvalue weighted by Gasteiger charge is -2.28. The van der Waals surface area contributed by atoms with Crippen molar-refractivity contribution >= 4 is 19.8 Å². The molecule has 340 valence electrons. The minimum atomic E-state index is -4.67. The van der Waals surface area contributed by atoms with E-state index in [0.29, 0.717) is 36.7 Å². The molecule has 0 aromatic heterocycles. The van der Waals surface area contributed by atoms with E-state index < -0.39 is 44.7 Å². The highest BCUT2D eigenvalue weighted by molar-refractivity contribution is 7.45. The van der Waals surface area contributed by atoms with E-state index in [4.69, 9.17) is 18.5 Å². The van der Waals surface area contributed by atoms with Gasteiger partial charge in [-0.05, 0) is 70.6 Å². The number of rotatable bonds is 41. The number of esters is 2. The van der Waals surface area contributed by atoms with Crippen LogP contribution in [0.4, 0.5) is 0 Å². The number of likely N-dealkylation sites (N-methyl/N-ethyl adjacent to an activating group) is 1. The molecule has 0 rings (SSSR count). The Bertz CT molecular complexity index is 1120. The maximum absolute atomic E-state index is 12.7. The number of hydrogen-bond acceptors (Lipinski definition) is 10. The predicted octanol–water partition coefficient (Wildman–Crippen LogP) is 10.2. The topological polar surface area (TPSA) is 152 Å². The second-order valence-electron chi connectivity index (χ2n) is 16.7. The molecule has 2 N–H and O–H groups in total.